The number of halogens is 2. The first-order valence-electron chi connectivity index (χ1n) is 9.79. The van der Waals surface area contributed by atoms with Gasteiger partial charge in [-0.15, -0.1) is 0 Å². The third kappa shape index (κ3) is 9.26. The molecule has 0 saturated heterocycles. The molecule has 0 amide bonds. The van der Waals surface area contributed by atoms with Crippen LogP contribution in [0.2, 0.25) is 0 Å². The van der Waals surface area contributed by atoms with E-state index in [2.05, 4.69) is 71.6 Å². The van der Waals surface area contributed by atoms with Crippen molar-refractivity contribution in [1.29, 1.82) is 0 Å². The van der Waals surface area contributed by atoms with E-state index in [9.17, 15) is 4.79 Å². The van der Waals surface area contributed by atoms with Gasteiger partial charge in [-0.25, -0.2) is 4.79 Å². The molecule has 174 valence electrons. The average molecular weight is 592 g/mol. The van der Waals surface area contributed by atoms with Gasteiger partial charge >= 0.3 is 41.0 Å². The molecular formula is C24H32Cl2O2P2Pd. The number of methoxy groups -OCH3 is 1. The van der Waals surface area contributed by atoms with Crippen LogP contribution in [-0.2, 0) is 25.5 Å². The number of carbonyl (C=O) groups is 1. The Balaban J connectivity index is 0.00000151. The molecule has 0 bridgehead atoms. The zero-order valence-corrected chi connectivity index (χ0v) is 24.0. The SMILES string of the molecule is COC(=O)/C(=C\P(C(C)(C)C)C(C)(C)C)P(c1ccccc1)c1ccccc1.[Cl][Pd][Cl]. The van der Waals surface area contributed by atoms with Crippen molar-refractivity contribution >= 4 is 51.5 Å². The Morgan fingerprint density at radius 3 is 1.48 bits per heavy atom. The predicted molar refractivity (Wildman–Crippen MR) is 137 cm³/mol. The molecule has 2 aromatic carbocycles. The molecule has 2 nitrogen and oxygen atoms in total. The molecule has 0 spiro atoms. The molecule has 0 aliphatic carbocycles. The summed E-state index contributed by atoms with van der Waals surface area (Å²) in [4.78, 5) is 13.0. The fourth-order valence-electron chi connectivity index (χ4n) is 3.40. The Hall–Kier alpha value is -0.248. The Morgan fingerprint density at radius 1 is 0.839 bits per heavy atom. The summed E-state index contributed by atoms with van der Waals surface area (Å²) in [5, 5.41) is 3.30. The Morgan fingerprint density at radius 2 is 1.19 bits per heavy atom. The molecule has 2 rings (SSSR count). The maximum absolute atomic E-state index is 13.0. The number of hydrogen-bond donors (Lipinski definition) is 0. The van der Waals surface area contributed by atoms with Gasteiger partial charge in [0.05, 0.1) is 12.4 Å². The van der Waals surface area contributed by atoms with Gasteiger partial charge in [0.1, 0.15) is 0 Å². The van der Waals surface area contributed by atoms with Crippen LogP contribution in [0.1, 0.15) is 41.5 Å². The monoisotopic (exact) mass is 590 g/mol. The summed E-state index contributed by atoms with van der Waals surface area (Å²) in [5.74, 6) is 2.03. The molecule has 2 aromatic rings. The van der Waals surface area contributed by atoms with Gasteiger partial charge in [-0.1, -0.05) is 110 Å². The molecule has 7 heteroatoms. The van der Waals surface area contributed by atoms with E-state index >= 15 is 0 Å². The summed E-state index contributed by atoms with van der Waals surface area (Å²) in [7, 11) is 9.55. The molecule has 0 radical (unpaired) electrons. The summed E-state index contributed by atoms with van der Waals surface area (Å²) < 4.78 is 5.28. The van der Waals surface area contributed by atoms with Gasteiger partial charge in [0.15, 0.2) is 0 Å². The van der Waals surface area contributed by atoms with E-state index < -0.39 is 15.8 Å². The first-order chi connectivity index (χ1) is 14.5. The fourth-order valence-corrected chi connectivity index (χ4v) is 9.42. The third-order valence-corrected chi connectivity index (χ3v) is 10.4. The average Bonchev–Trinajstić information content (AvgIpc) is 2.70. The number of carbonyl (C=O) groups excluding carboxylic acids is 1. The van der Waals surface area contributed by atoms with E-state index in [1.165, 1.54) is 7.11 Å². The van der Waals surface area contributed by atoms with Crippen molar-refractivity contribution in [3.63, 3.8) is 0 Å². The molecular weight excluding hydrogens is 560 g/mol. The first kappa shape index (κ1) is 28.8. The summed E-state index contributed by atoms with van der Waals surface area (Å²) in [6.45, 7) is 13.6. The van der Waals surface area contributed by atoms with Crippen molar-refractivity contribution in [2.45, 2.75) is 51.9 Å². The summed E-state index contributed by atoms with van der Waals surface area (Å²) >= 11 is -0.106. The van der Waals surface area contributed by atoms with Crippen LogP contribution in [0, 0.1) is 0 Å². The van der Waals surface area contributed by atoms with Crippen LogP contribution in [0.3, 0.4) is 0 Å². The second-order valence-electron chi connectivity index (χ2n) is 8.77. The second-order valence-corrected chi connectivity index (χ2v) is 17.0. The Kier molecular flexibility index (Phi) is 12.5. The van der Waals surface area contributed by atoms with E-state index in [-0.39, 0.29) is 32.2 Å². The molecule has 0 aliphatic heterocycles. The van der Waals surface area contributed by atoms with E-state index in [1.807, 2.05) is 36.4 Å². The Labute approximate surface area is 206 Å². The van der Waals surface area contributed by atoms with Crippen molar-refractivity contribution in [2.24, 2.45) is 0 Å². The van der Waals surface area contributed by atoms with Gasteiger partial charge in [0.25, 0.3) is 0 Å². The van der Waals surface area contributed by atoms with Crippen LogP contribution in [-0.4, -0.2) is 23.4 Å². The molecule has 0 aliphatic rings. The van der Waals surface area contributed by atoms with Gasteiger partial charge in [0.2, 0.25) is 0 Å². The van der Waals surface area contributed by atoms with Gasteiger partial charge in [-0.3, -0.25) is 0 Å². The molecule has 0 atom stereocenters. The van der Waals surface area contributed by atoms with Crippen molar-refractivity contribution in [2.75, 3.05) is 7.11 Å². The molecule has 31 heavy (non-hydrogen) atoms. The van der Waals surface area contributed by atoms with Crippen LogP contribution < -0.4 is 10.6 Å². The van der Waals surface area contributed by atoms with Crippen molar-refractivity contribution in [3.8, 4) is 0 Å². The normalized spacial score (nSPS) is 12.5. The number of ether oxygens (including phenoxy) is 1. The van der Waals surface area contributed by atoms with Crippen molar-refractivity contribution < 1.29 is 25.5 Å². The summed E-state index contributed by atoms with van der Waals surface area (Å²) in [6, 6.07) is 20.7. The summed E-state index contributed by atoms with van der Waals surface area (Å²) in [5.41, 5.74) is 0. The number of esters is 1. The molecule has 0 saturated carbocycles. The quantitative estimate of drug-likeness (QED) is 0.155. The van der Waals surface area contributed by atoms with E-state index in [0.717, 1.165) is 15.9 Å². The van der Waals surface area contributed by atoms with Gasteiger partial charge in [-0.2, -0.15) is 0 Å². The predicted octanol–water partition coefficient (Wildman–Crippen LogP) is 7.59. The van der Waals surface area contributed by atoms with Crippen LogP contribution >= 0.6 is 34.9 Å². The number of benzene rings is 2. The van der Waals surface area contributed by atoms with E-state index in [1.54, 1.807) is 0 Å². The number of hydrogen-bond acceptors (Lipinski definition) is 2. The Bertz CT molecular complexity index is 779. The van der Waals surface area contributed by atoms with E-state index in [0.29, 0.717) is 0 Å². The maximum atomic E-state index is 13.0. The molecule has 0 unspecified atom stereocenters. The molecule has 0 N–H and O–H groups in total. The van der Waals surface area contributed by atoms with Crippen LogP contribution in [0.5, 0.6) is 0 Å². The second kappa shape index (κ2) is 13.5. The standard InChI is InChI=1S/C24H32O2P2.2ClH.Pd/c1-23(2,3)27(24(4,5)6)18-21(22(25)26-7)28(19-14-10-8-11-15-19)20-16-12-9-13-17-20;;;/h8-18H,1-7H3;2*1H;/q;;;+2/p-2/b21-18+;;;. The zero-order valence-electron chi connectivity index (χ0n) is 19.1. The number of rotatable bonds is 5. The summed E-state index contributed by atoms with van der Waals surface area (Å²) in [6.07, 6.45) is 0. The first-order valence-corrected chi connectivity index (χ1v) is 16.5. The minimum absolute atomic E-state index is 0.0846. The third-order valence-electron chi connectivity index (χ3n) is 4.36. The van der Waals surface area contributed by atoms with Crippen LogP contribution in [0.4, 0.5) is 0 Å². The topological polar surface area (TPSA) is 26.3 Å². The van der Waals surface area contributed by atoms with Gasteiger partial charge in [-0.05, 0) is 34.7 Å². The van der Waals surface area contributed by atoms with Gasteiger partial charge in [0, 0.05) is 0 Å². The van der Waals surface area contributed by atoms with Gasteiger partial charge < -0.3 is 4.74 Å². The molecule has 0 aromatic heterocycles. The van der Waals surface area contributed by atoms with Crippen LogP contribution in [0.15, 0.2) is 71.8 Å². The zero-order chi connectivity index (χ0) is 23.7. The molecule has 0 heterocycles. The van der Waals surface area contributed by atoms with E-state index in [4.69, 9.17) is 23.8 Å². The van der Waals surface area contributed by atoms with Crippen molar-refractivity contribution in [3.05, 3.63) is 71.8 Å². The fraction of sp³-hybridized carbons (Fsp3) is 0.375. The minimum atomic E-state index is -0.984. The van der Waals surface area contributed by atoms with Crippen molar-refractivity contribution in [1.82, 2.24) is 0 Å². The van der Waals surface area contributed by atoms with Crippen LogP contribution in [0.25, 0.3) is 0 Å². The molecule has 0 fully saturated rings.